The summed E-state index contributed by atoms with van der Waals surface area (Å²) >= 11 is 0. The van der Waals surface area contributed by atoms with Gasteiger partial charge in [0.2, 0.25) is 0 Å². The molecule has 1 fully saturated rings. The minimum absolute atomic E-state index is 0.0454. The summed E-state index contributed by atoms with van der Waals surface area (Å²) in [5, 5.41) is 0. The van der Waals surface area contributed by atoms with Gasteiger partial charge >= 0.3 is 0 Å². The zero-order chi connectivity index (χ0) is 29.5. The first-order chi connectivity index (χ1) is 19.5. The largest absolute Gasteiger partial charge is 0.292 e. The fourth-order valence-electron chi connectivity index (χ4n) is 7.43. The maximum absolute atomic E-state index is 14.0. The van der Waals surface area contributed by atoms with Gasteiger partial charge in [0.15, 0.2) is 11.6 Å². The topological polar surface area (TPSA) is 37.4 Å². The molecule has 0 unspecified atom stereocenters. The Morgan fingerprint density at radius 2 is 1.32 bits per heavy atom. The second-order valence-corrected chi connectivity index (χ2v) is 12.6. The van der Waals surface area contributed by atoms with Crippen molar-refractivity contribution in [3.63, 3.8) is 0 Å². The summed E-state index contributed by atoms with van der Waals surface area (Å²) in [6.45, 7) is 20.4. The molecule has 0 saturated carbocycles. The Hall–Kier alpha value is -3.56. The van der Waals surface area contributed by atoms with Crippen LogP contribution in [0.4, 0.5) is 0 Å². The molecule has 0 N–H and O–H groups in total. The Kier molecular flexibility index (Phi) is 7.78. The van der Waals surface area contributed by atoms with Crippen LogP contribution in [0.1, 0.15) is 100 Å². The van der Waals surface area contributed by atoms with Crippen molar-refractivity contribution in [3.05, 3.63) is 118 Å². The zero-order valence-corrected chi connectivity index (χ0v) is 25.4. The minimum atomic E-state index is -0.566. The van der Waals surface area contributed by atoms with Crippen LogP contribution in [0.3, 0.4) is 0 Å². The van der Waals surface area contributed by atoms with E-state index in [9.17, 15) is 9.59 Å². The summed E-state index contributed by atoms with van der Waals surface area (Å²) in [5.74, 6) is 0.203. The number of carbonyl (C=O) groups excluding carboxylic acids is 2. The van der Waals surface area contributed by atoms with Gasteiger partial charge in [-0.3, -0.25) is 14.5 Å². The van der Waals surface area contributed by atoms with Gasteiger partial charge in [-0.2, -0.15) is 0 Å². The van der Waals surface area contributed by atoms with Gasteiger partial charge in [0, 0.05) is 22.1 Å². The molecule has 1 aliphatic carbocycles. The molecule has 0 amide bonds. The molecule has 1 aliphatic heterocycles. The summed E-state index contributed by atoms with van der Waals surface area (Å²) in [6, 6.07) is 16.5. The predicted molar refractivity (Wildman–Crippen MR) is 170 cm³/mol. The van der Waals surface area contributed by atoms with Crippen molar-refractivity contribution in [2.24, 2.45) is 0 Å². The number of rotatable bonds is 9. The SMILES string of the molecule is C=CCC1(CC=C)c2cc(C(=O)c3c(C)cc(C)cc3C)ccc2-c2ccc(C(=O)C(C)(C)N3CCCCC3)cc21. The third-order valence-corrected chi connectivity index (χ3v) is 9.48. The molecule has 1 saturated heterocycles. The van der Waals surface area contributed by atoms with Crippen molar-refractivity contribution < 1.29 is 9.59 Å². The molecule has 0 aromatic heterocycles. The van der Waals surface area contributed by atoms with Crippen LogP contribution < -0.4 is 0 Å². The van der Waals surface area contributed by atoms with Crippen molar-refractivity contribution in [3.8, 4) is 11.1 Å². The summed E-state index contributed by atoms with van der Waals surface area (Å²) < 4.78 is 0. The van der Waals surface area contributed by atoms with E-state index >= 15 is 0 Å². The quantitative estimate of drug-likeness (QED) is 0.199. The Morgan fingerprint density at radius 1 is 0.805 bits per heavy atom. The van der Waals surface area contributed by atoms with E-state index in [1.807, 2.05) is 38.1 Å². The first kappa shape index (κ1) is 29.0. The van der Waals surface area contributed by atoms with E-state index in [0.717, 1.165) is 76.0 Å². The van der Waals surface area contributed by atoms with Gasteiger partial charge in [-0.25, -0.2) is 0 Å². The van der Waals surface area contributed by atoms with E-state index in [1.165, 1.54) is 6.42 Å². The molecule has 0 bridgehead atoms. The first-order valence-corrected chi connectivity index (χ1v) is 15.0. The fraction of sp³-hybridized carbons (Fsp3) is 0.368. The van der Waals surface area contributed by atoms with Gasteiger partial charge in [-0.05, 0) is 119 Å². The van der Waals surface area contributed by atoms with Gasteiger partial charge in [0.25, 0.3) is 0 Å². The standard InChI is InChI=1S/C38H43NO2/c1-8-17-38(18-9-2)32-23-28(35(40)34-26(4)21-25(3)22-27(34)5)13-15-30(32)31-16-14-29(24-33(31)38)36(41)37(6,7)39-19-11-10-12-20-39/h8-9,13-16,21-24H,1-2,10-12,17-20H2,3-7H3. The van der Waals surface area contributed by atoms with E-state index in [0.29, 0.717) is 18.4 Å². The van der Waals surface area contributed by atoms with E-state index < -0.39 is 11.0 Å². The van der Waals surface area contributed by atoms with Crippen LogP contribution >= 0.6 is 0 Å². The fourth-order valence-corrected chi connectivity index (χ4v) is 7.43. The third kappa shape index (κ3) is 4.85. The first-order valence-electron chi connectivity index (χ1n) is 15.0. The zero-order valence-electron chi connectivity index (χ0n) is 25.4. The number of nitrogens with zero attached hydrogens (tertiary/aromatic N) is 1. The number of piperidine rings is 1. The smallest absolute Gasteiger partial charge is 0.193 e. The summed E-state index contributed by atoms with van der Waals surface area (Å²) in [5.41, 5.74) is 8.83. The highest BCUT2D eigenvalue weighted by atomic mass is 16.1. The average molecular weight is 546 g/mol. The molecule has 3 aromatic rings. The van der Waals surface area contributed by atoms with Crippen molar-refractivity contribution in [1.82, 2.24) is 4.90 Å². The lowest BCUT2D eigenvalue weighted by atomic mass is 9.72. The minimum Gasteiger partial charge on any atom is -0.292 e. The monoisotopic (exact) mass is 545 g/mol. The summed E-state index contributed by atoms with van der Waals surface area (Å²) in [4.78, 5) is 30.3. The second kappa shape index (κ2) is 11.0. The Morgan fingerprint density at radius 3 is 1.85 bits per heavy atom. The van der Waals surface area contributed by atoms with Crippen LogP contribution in [-0.2, 0) is 5.41 Å². The van der Waals surface area contributed by atoms with E-state index in [4.69, 9.17) is 0 Å². The van der Waals surface area contributed by atoms with Gasteiger partial charge in [0.05, 0.1) is 5.54 Å². The third-order valence-electron chi connectivity index (χ3n) is 9.48. The van der Waals surface area contributed by atoms with Crippen LogP contribution in [-0.4, -0.2) is 35.1 Å². The molecule has 0 radical (unpaired) electrons. The number of Topliss-reactive ketones (excluding diaryl/α,β-unsaturated/α-hetero) is 1. The van der Waals surface area contributed by atoms with Gasteiger partial charge < -0.3 is 0 Å². The molecule has 2 aliphatic rings. The number of likely N-dealkylation sites (tertiary alicyclic amines) is 1. The number of fused-ring (bicyclic) bond motifs is 3. The maximum Gasteiger partial charge on any atom is 0.193 e. The number of ketones is 2. The van der Waals surface area contributed by atoms with Crippen LogP contribution in [0.5, 0.6) is 0 Å². The molecular formula is C38H43NO2. The highest BCUT2D eigenvalue weighted by Gasteiger charge is 2.43. The molecule has 3 heteroatoms. The molecule has 3 aromatic carbocycles. The number of hydrogen-bond donors (Lipinski definition) is 0. The molecule has 3 nitrogen and oxygen atoms in total. The van der Waals surface area contributed by atoms with Gasteiger partial charge in [-0.1, -0.05) is 60.5 Å². The average Bonchev–Trinajstić information content (AvgIpc) is 3.21. The van der Waals surface area contributed by atoms with Crippen molar-refractivity contribution >= 4 is 11.6 Å². The van der Waals surface area contributed by atoms with Crippen molar-refractivity contribution in [2.45, 2.75) is 77.7 Å². The molecule has 41 heavy (non-hydrogen) atoms. The summed E-state index contributed by atoms with van der Waals surface area (Å²) in [7, 11) is 0. The molecule has 1 heterocycles. The molecular weight excluding hydrogens is 502 g/mol. The second-order valence-electron chi connectivity index (χ2n) is 12.6. The normalized spacial score (nSPS) is 16.1. The highest BCUT2D eigenvalue weighted by molar-refractivity contribution is 6.11. The van der Waals surface area contributed by atoms with E-state index in [2.05, 4.69) is 75.2 Å². The van der Waals surface area contributed by atoms with Crippen molar-refractivity contribution in [2.75, 3.05) is 13.1 Å². The van der Waals surface area contributed by atoms with Gasteiger partial charge in [0.1, 0.15) is 0 Å². The highest BCUT2D eigenvalue weighted by Crippen LogP contribution is 2.54. The lowest BCUT2D eigenvalue weighted by Gasteiger charge is -2.40. The molecule has 0 atom stereocenters. The van der Waals surface area contributed by atoms with Crippen LogP contribution in [0.25, 0.3) is 11.1 Å². The lowest BCUT2D eigenvalue weighted by molar-refractivity contribution is 0.0579. The molecule has 0 spiro atoms. The Balaban J connectivity index is 1.62. The number of carbonyl (C=O) groups is 2. The molecule has 5 rings (SSSR count). The van der Waals surface area contributed by atoms with Gasteiger partial charge in [-0.15, -0.1) is 13.2 Å². The predicted octanol–water partition coefficient (Wildman–Crippen LogP) is 8.71. The van der Waals surface area contributed by atoms with Crippen LogP contribution in [0.2, 0.25) is 0 Å². The van der Waals surface area contributed by atoms with Crippen LogP contribution in [0.15, 0.2) is 73.8 Å². The number of aryl methyl sites for hydroxylation is 3. The number of hydrogen-bond acceptors (Lipinski definition) is 3. The number of benzene rings is 3. The van der Waals surface area contributed by atoms with E-state index in [-0.39, 0.29) is 11.6 Å². The summed E-state index contributed by atoms with van der Waals surface area (Å²) in [6.07, 6.45) is 8.80. The Labute approximate surface area is 246 Å². The van der Waals surface area contributed by atoms with E-state index in [1.54, 1.807) is 0 Å². The Bertz CT molecular complexity index is 1520. The maximum atomic E-state index is 14.0. The number of allylic oxidation sites excluding steroid dienone is 2. The molecule has 212 valence electrons. The van der Waals surface area contributed by atoms with Crippen molar-refractivity contribution in [1.29, 1.82) is 0 Å². The van der Waals surface area contributed by atoms with Crippen LogP contribution in [0, 0.1) is 20.8 Å². The lowest BCUT2D eigenvalue weighted by Crippen LogP contribution is -2.52.